The van der Waals surface area contributed by atoms with Crippen LogP contribution in [-0.2, 0) is 4.79 Å². The molecule has 3 N–H and O–H groups in total. The molecule has 0 spiro atoms. The van der Waals surface area contributed by atoms with Crippen LogP contribution in [0.4, 0.5) is 0 Å². The van der Waals surface area contributed by atoms with E-state index in [4.69, 9.17) is 17.3 Å². The topological polar surface area (TPSA) is 55.1 Å². The first kappa shape index (κ1) is 18.6. The zero-order valence-corrected chi connectivity index (χ0v) is 13.4. The molecule has 0 fully saturated rings. The van der Waals surface area contributed by atoms with Crippen LogP contribution in [0.1, 0.15) is 13.8 Å². The van der Waals surface area contributed by atoms with E-state index in [9.17, 15) is 4.79 Å². The Bertz CT molecular complexity index is 385. The molecule has 1 rings (SSSR count). The van der Waals surface area contributed by atoms with E-state index >= 15 is 0 Å². The lowest BCUT2D eigenvalue weighted by Gasteiger charge is -2.15. The fourth-order valence-corrected chi connectivity index (χ4v) is 2.17. The molecule has 108 valence electrons. The Hall–Kier alpha value is -0.420. The predicted octanol–water partition coefficient (Wildman–Crippen LogP) is 2.95. The van der Waals surface area contributed by atoms with Crippen molar-refractivity contribution in [3.05, 3.63) is 29.3 Å². The molecule has 2 unspecified atom stereocenters. The molecule has 3 nitrogen and oxygen atoms in total. The number of halogens is 2. The zero-order chi connectivity index (χ0) is 13.5. The summed E-state index contributed by atoms with van der Waals surface area (Å²) in [6.45, 7) is 4.32. The van der Waals surface area contributed by atoms with E-state index in [1.807, 2.05) is 38.1 Å². The molecule has 1 amide bonds. The second kappa shape index (κ2) is 9.48. The molecular formula is C13H20Cl2N2OS. The van der Waals surface area contributed by atoms with Gasteiger partial charge in [0.2, 0.25) is 5.91 Å². The van der Waals surface area contributed by atoms with Crippen molar-refractivity contribution >= 4 is 41.7 Å². The number of benzene rings is 1. The van der Waals surface area contributed by atoms with Gasteiger partial charge in [0.1, 0.15) is 0 Å². The highest BCUT2D eigenvalue weighted by molar-refractivity contribution is 7.99. The Balaban J connectivity index is 0.00000324. The van der Waals surface area contributed by atoms with Crippen molar-refractivity contribution in [1.29, 1.82) is 0 Å². The maximum Gasteiger partial charge on any atom is 0.224 e. The largest absolute Gasteiger partial charge is 0.355 e. The molecule has 6 heteroatoms. The third-order valence-electron chi connectivity index (χ3n) is 2.69. The molecule has 0 aromatic heterocycles. The van der Waals surface area contributed by atoms with Crippen molar-refractivity contribution in [2.24, 2.45) is 11.7 Å². The summed E-state index contributed by atoms with van der Waals surface area (Å²) in [7, 11) is 0. The number of nitrogens with one attached hydrogen (secondary N) is 1. The van der Waals surface area contributed by atoms with Gasteiger partial charge in [0.05, 0.1) is 0 Å². The highest BCUT2D eigenvalue weighted by atomic mass is 35.5. The van der Waals surface area contributed by atoms with Crippen LogP contribution in [0.15, 0.2) is 29.2 Å². The van der Waals surface area contributed by atoms with Gasteiger partial charge in [0.15, 0.2) is 0 Å². The second-order valence-electron chi connectivity index (χ2n) is 4.24. The van der Waals surface area contributed by atoms with E-state index < -0.39 is 0 Å². The third kappa shape index (κ3) is 7.06. The van der Waals surface area contributed by atoms with Crippen molar-refractivity contribution in [3.8, 4) is 0 Å². The van der Waals surface area contributed by atoms with Crippen molar-refractivity contribution < 1.29 is 4.79 Å². The Labute approximate surface area is 130 Å². The molecule has 0 aliphatic rings. The molecule has 0 saturated carbocycles. The Morgan fingerprint density at radius 1 is 1.37 bits per heavy atom. The molecular weight excluding hydrogens is 303 g/mol. The molecule has 0 aliphatic carbocycles. The number of thioether (sulfide) groups is 1. The fraction of sp³-hybridized carbons (Fsp3) is 0.462. The normalized spacial score (nSPS) is 13.3. The number of carbonyl (C=O) groups is 1. The van der Waals surface area contributed by atoms with E-state index in [2.05, 4.69) is 5.32 Å². The number of carbonyl (C=O) groups excluding carboxylic acids is 1. The van der Waals surface area contributed by atoms with Crippen molar-refractivity contribution in [3.63, 3.8) is 0 Å². The summed E-state index contributed by atoms with van der Waals surface area (Å²) >= 11 is 7.49. The van der Waals surface area contributed by atoms with Crippen LogP contribution in [-0.4, -0.2) is 24.2 Å². The van der Waals surface area contributed by atoms with Crippen LogP contribution >= 0.6 is 35.8 Å². The maximum absolute atomic E-state index is 11.6. The van der Waals surface area contributed by atoms with Gasteiger partial charge in [0.25, 0.3) is 0 Å². The summed E-state index contributed by atoms with van der Waals surface area (Å²) in [5.74, 6) is 0.700. The van der Waals surface area contributed by atoms with Gasteiger partial charge in [0, 0.05) is 34.2 Å². The first-order chi connectivity index (χ1) is 8.50. The summed E-state index contributed by atoms with van der Waals surface area (Å²) in [5, 5.41) is 3.61. The van der Waals surface area contributed by atoms with Crippen molar-refractivity contribution in [2.75, 3.05) is 12.3 Å². The molecule has 1 aromatic carbocycles. The SMILES string of the molecule is CC(N)C(C)C(=O)NCCSc1ccc(Cl)cc1.Cl. The van der Waals surface area contributed by atoms with Crippen LogP contribution in [0.25, 0.3) is 0 Å². The lowest BCUT2D eigenvalue weighted by molar-refractivity contribution is -0.124. The minimum Gasteiger partial charge on any atom is -0.355 e. The van der Waals surface area contributed by atoms with Crippen LogP contribution in [0.5, 0.6) is 0 Å². The van der Waals surface area contributed by atoms with Gasteiger partial charge in [-0.05, 0) is 31.2 Å². The van der Waals surface area contributed by atoms with Gasteiger partial charge in [-0.25, -0.2) is 0 Å². The van der Waals surface area contributed by atoms with Gasteiger partial charge >= 0.3 is 0 Å². The van der Waals surface area contributed by atoms with Gasteiger partial charge in [-0.15, -0.1) is 24.2 Å². The van der Waals surface area contributed by atoms with Gasteiger partial charge < -0.3 is 11.1 Å². The number of amides is 1. The van der Waals surface area contributed by atoms with E-state index in [-0.39, 0.29) is 30.3 Å². The van der Waals surface area contributed by atoms with E-state index in [1.165, 1.54) is 0 Å². The Morgan fingerprint density at radius 2 is 1.95 bits per heavy atom. The monoisotopic (exact) mass is 322 g/mol. The van der Waals surface area contributed by atoms with Gasteiger partial charge in [-0.1, -0.05) is 18.5 Å². The van der Waals surface area contributed by atoms with Crippen molar-refractivity contribution in [2.45, 2.75) is 24.8 Å². The molecule has 0 aliphatic heterocycles. The first-order valence-corrected chi connectivity index (χ1v) is 7.28. The summed E-state index contributed by atoms with van der Waals surface area (Å²) in [6.07, 6.45) is 0. The Morgan fingerprint density at radius 3 is 2.47 bits per heavy atom. The highest BCUT2D eigenvalue weighted by Crippen LogP contribution is 2.19. The van der Waals surface area contributed by atoms with E-state index in [0.29, 0.717) is 6.54 Å². The third-order valence-corrected chi connectivity index (χ3v) is 3.95. The minimum atomic E-state index is -0.148. The highest BCUT2D eigenvalue weighted by Gasteiger charge is 2.15. The molecule has 19 heavy (non-hydrogen) atoms. The molecule has 2 atom stereocenters. The quantitative estimate of drug-likeness (QED) is 0.625. The number of nitrogens with two attached hydrogens (primary N) is 1. The molecule has 1 aromatic rings. The number of hydrogen-bond acceptors (Lipinski definition) is 3. The number of hydrogen-bond donors (Lipinski definition) is 2. The maximum atomic E-state index is 11.6. The van der Waals surface area contributed by atoms with E-state index in [1.54, 1.807) is 11.8 Å². The Kier molecular flexibility index (Phi) is 9.27. The molecule has 0 saturated heterocycles. The van der Waals surface area contributed by atoms with Crippen LogP contribution in [0.2, 0.25) is 5.02 Å². The van der Waals surface area contributed by atoms with Gasteiger partial charge in [-0.2, -0.15) is 0 Å². The lowest BCUT2D eigenvalue weighted by atomic mass is 10.0. The molecule has 0 heterocycles. The zero-order valence-electron chi connectivity index (χ0n) is 11.1. The van der Waals surface area contributed by atoms with Crippen molar-refractivity contribution in [1.82, 2.24) is 5.32 Å². The molecule has 0 bridgehead atoms. The summed E-state index contributed by atoms with van der Waals surface area (Å²) in [4.78, 5) is 12.8. The average molecular weight is 323 g/mol. The van der Waals surface area contributed by atoms with Crippen LogP contribution in [0, 0.1) is 5.92 Å². The predicted molar refractivity (Wildman–Crippen MR) is 85.2 cm³/mol. The minimum absolute atomic E-state index is 0. The second-order valence-corrected chi connectivity index (χ2v) is 5.85. The van der Waals surface area contributed by atoms with Crippen LogP contribution < -0.4 is 11.1 Å². The van der Waals surface area contributed by atoms with Crippen LogP contribution in [0.3, 0.4) is 0 Å². The van der Waals surface area contributed by atoms with Gasteiger partial charge in [-0.3, -0.25) is 4.79 Å². The summed E-state index contributed by atoms with van der Waals surface area (Å²) in [5.41, 5.74) is 5.67. The van der Waals surface area contributed by atoms with E-state index in [0.717, 1.165) is 15.7 Å². The average Bonchev–Trinajstić information content (AvgIpc) is 2.35. The first-order valence-electron chi connectivity index (χ1n) is 5.92. The smallest absolute Gasteiger partial charge is 0.224 e. The molecule has 0 radical (unpaired) electrons. The fourth-order valence-electron chi connectivity index (χ4n) is 1.27. The standard InChI is InChI=1S/C13H19ClN2OS.ClH/c1-9(10(2)15)13(17)16-7-8-18-12-5-3-11(14)4-6-12;/h3-6,9-10H,7-8,15H2,1-2H3,(H,16,17);1H. The number of rotatable bonds is 6. The lowest BCUT2D eigenvalue weighted by Crippen LogP contribution is -2.39. The summed E-state index contributed by atoms with van der Waals surface area (Å²) in [6, 6.07) is 7.55. The summed E-state index contributed by atoms with van der Waals surface area (Å²) < 4.78 is 0.